The second-order valence-corrected chi connectivity index (χ2v) is 10.1. The fourth-order valence-electron chi connectivity index (χ4n) is 5.88. The van der Waals surface area contributed by atoms with Crippen LogP contribution in [-0.2, 0) is 16.1 Å². The molecule has 0 N–H and O–H groups in total. The molecular weight excluding hydrogens is 440 g/mol. The molecule has 1 unspecified atom stereocenters. The number of carbonyl (C=O) groups excluding carboxylic acids is 3. The molecule has 35 heavy (non-hydrogen) atoms. The summed E-state index contributed by atoms with van der Waals surface area (Å²) in [6.45, 7) is 5.12. The predicted molar refractivity (Wildman–Crippen MR) is 136 cm³/mol. The van der Waals surface area contributed by atoms with Gasteiger partial charge < -0.3 is 14.7 Å². The molecule has 0 spiro atoms. The first-order valence-electron chi connectivity index (χ1n) is 12.7. The molecule has 7 heteroatoms. The first-order valence-corrected chi connectivity index (χ1v) is 12.7. The van der Waals surface area contributed by atoms with Crippen LogP contribution in [0.15, 0.2) is 48.5 Å². The molecule has 0 saturated carbocycles. The van der Waals surface area contributed by atoms with E-state index in [-0.39, 0.29) is 17.7 Å². The molecule has 3 heterocycles. The monoisotopic (exact) mass is 474 g/mol. The number of hydrogen-bond acceptors (Lipinski definition) is 4. The van der Waals surface area contributed by atoms with Crippen molar-refractivity contribution in [3.05, 3.63) is 59.7 Å². The Hall–Kier alpha value is -3.35. The van der Waals surface area contributed by atoms with E-state index in [2.05, 4.69) is 23.1 Å². The summed E-state index contributed by atoms with van der Waals surface area (Å²) in [5.74, 6) is 0.0508. The van der Waals surface area contributed by atoms with Gasteiger partial charge in [0.15, 0.2) is 0 Å². The van der Waals surface area contributed by atoms with Gasteiger partial charge in [0.05, 0.1) is 11.3 Å². The van der Waals surface area contributed by atoms with E-state index in [4.69, 9.17) is 0 Å². The van der Waals surface area contributed by atoms with Crippen molar-refractivity contribution in [3.8, 4) is 0 Å². The van der Waals surface area contributed by atoms with Gasteiger partial charge in [0, 0.05) is 51.8 Å². The van der Waals surface area contributed by atoms with Gasteiger partial charge in [-0.15, -0.1) is 0 Å². The average Bonchev–Trinajstić information content (AvgIpc) is 3.50. The summed E-state index contributed by atoms with van der Waals surface area (Å²) in [6.07, 6.45) is 4.37. The highest BCUT2D eigenvalue weighted by Crippen LogP contribution is 2.44. The van der Waals surface area contributed by atoms with E-state index in [1.165, 1.54) is 24.1 Å². The Kier molecular flexibility index (Phi) is 6.26. The lowest BCUT2D eigenvalue weighted by Crippen LogP contribution is -2.62. The van der Waals surface area contributed by atoms with Crippen LogP contribution in [0.5, 0.6) is 0 Å². The molecular formula is C28H34N4O3. The molecule has 0 aromatic heterocycles. The molecule has 1 atom stereocenters. The lowest BCUT2D eigenvalue weighted by atomic mass is 9.98. The highest BCUT2D eigenvalue weighted by Gasteiger charge is 2.52. The zero-order valence-electron chi connectivity index (χ0n) is 20.7. The Balaban J connectivity index is 1.23. The zero-order valence-corrected chi connectivity index (χ0v) is 20.7. The maximum Gasteiger partial charge on any atom is 0.257 e. The number of carbonyl (C=O) groups is 3. The average molecular weight is 475 g/mol. The molecule has 3 aliphatic heterocycles. The van der Waals surface area contributed by atoms with Crippen molar-refractivity contribution in [2.45, 2.75) is 57.7 Å². The molecule has 2 aromatic rings. The summed E-state index contributed by atoms with van der Waals surface area (Å²) in [7, 11) is 1.85. The topological polar surface area (TPSA) is 64.2 Å². The number of nitrogens with zero attached hydrogens (tertiary/aromatic N) is 4. The number of benzene rings is 2. The minimum Gasteiger partial charge on any atom is -0.371 e. The number of fused-ring (bicyclic) bond motifs is 3. The summed E-state index contributed by atoms with van der Waals surface area (Å²) >= 11 is 0. The van der Waals surface area contributed by atoms with Crippen LogP contribution in [0.1, 0.15) is 61.4 Å². The lowest BCUT2D eigenvalue weighted by molar-refractivity contribution is -0.130. The standard InChI is InChI=1S/C28H34N4O3/c1-28-16-15-26(34)32(28)24-13-6-4-11-22(24)27(35)31(28)19-9-14-25(33)29(2)20-21-10-3-5-12-23(21)30-17-7-8-18-30/h3-6,10-13H,7-9,14-20H2,1-2H3. The minimum absolute atomic E-state index is 0.0462. The van der Waals surface area contributed by atoms with Gasteiger partial charge in [0.25, 0.3) is 5.91 Å². The number of para-hydroxylation sites is 2. The SMILES string of the molecule is CN(Cc1ccccc1N1CCCC1)C(=O)CCCN1C(=O)c2ccccc2N2C(=O)CCC12C. The van der Waals surface area contributed by atoms with E-state index in [0.29, 0.717) is 50.0 Å². The smallest absolute Gasteiger partial charge is 0.257 e. The predicted octanol–water partition coefficient (Wildman–Crippen LogP) is 4.02. The molecule has 2 saturated heterocycles. The first-order chi connectivity index (χ1) is 16.9. The van der Waals surface area contributed by atoms with Crippen LogP contribution in [0.25, 0.3) is 0 Å². The van der Waals surface area contributed by atoms with Gasteiger partial charge in [-0.3, -0.25) is 19.3 Å². The maximum atomic E-state index is 13.4. The number of anilines is 2. The second kappa shape index (κ2) is 9.36. The number of amides is 3. The second-order valence-electron chi connectivity index (χ2n) is 10.1. The molecule has 7 nitrogen and oxygen atoms in total. The van der Waals surface area contributed by atoms with Crippen LogP contribution in [0.3, 0.4) is 0 Å². The van der Waals surface area contributed by atoms with Gasteiger partial charge >= 0.3 is 0 Å². The lowest BCUT2D eigenvalue weighted by Gasteiger charge is -2.48. The molecule has 2 aromatic carbocycles. The van der Waals surface area contributed by atoms with Crippen LogP contribution >= 0.6 is 0 Å². The number of hydrogen-bond donors (Lipinski definition) is 0. The van der Waals surface area contributed by atoms with E-state index in [9.17, 15) is 14.4 Å². The van der Waals surface area contributed by atoms with Crippen molar-refractivity contribution in [1.29, 1.82) is 0 Å². The third kappa shape index (κ3) is 4.17. The van der Waals surface area contributed by atoms with E-state index in [1.807, 2.05) is 38.2 Å². The van der Waals surface area contributed by atoms with Crippen LogP contribution in [0.4, 0.5) is 11.4 Å². The summed E-state index contributed by atoms with van der Waals surface area (Å²) in [5, 5.41) is 0. The molecule has 0 aliphatic carbocycles. The van der Waals surface area contributed by atoms with E-state index < -0.39 is 5.66 Å². The largest absolute Gasteiger partial charge is 0.371 e. The molecule has 3 aliphatic rings. The van der Waals surface area contributed by atoms with E-state index in [1.54, 1.807) is 20.8 Å². The van der Waals surface area contributed by atoms with Crippen molar-refractivity contribution >= 4 is 29.1 Å². The minimum atomic E-state index is -0.674. The van der Waals surface area contributed by atoms with E-state index in [0.717, 1.165) is 13.1 Å². The van der Waals surface area contributed by atoms with Crippen molar-refractivity contribution in [1.82, 2.24) is 9.80 Å². The fourth-order valence-corrected chi connectivity index (χ4v) is 5.88. The summed E-state index contributed by atoms with van der Waals surface area (Å²) in [4.78, 5) is 46.9. The quantitative estimate of drug-likeness (QED) is 0.608. The Bertz CT molecular complexity index is 1140. The summed E-state index contributed by atoms with van der Waals surface area (Å²) in [6, 6.07) is 15.7. The molecule has 184 valence electrons. The van der Waals surface area contributed by atoms with Crippen LogP contribution in [0.2, 0.25) is 0 Å². The van der Waals surface area contributed by atoms with Gasteiger partial charge in [0.1, 0.15) is 5.66 Å². The van der Waals surface area contributed by atoms with Gasteiger partial charge in [0.2, 0.25) is 11.8 Å². The number of rotatable bonds is 7. The third-order valence-corrected chi connectivity index (χ3v) is 7.79. The van der Waals surface area contributed by atoms with Gasteiger partial charge in [-0.1, -0.05) is 30.3 Å². The third-order valence-electron chi connectivity index (χ3n) is 7.79. The van der Waals surface area contributed by atoms with Crippen LogP contribution < -0.4 is 9.80 Å². The van der Waals surface area contributed by atoms with E-state index >= 15 is 0 Å². The molecule has 3 amide bonds. The van der Waals surface area contributed by atoms with Crippen molar-refractivity contribution in [2.75, 3.05) is 36.5 Å². The van der Waals surface area contributed by atoms with Gasteiger partial charge in [-0.25, -0.2) is 0 Å². The molecule has 2 fully saturated rings. The molecule has 0 radical (unpaired) electrons. The summed E-state index contributed by atoms with van der Waals surface area (Å²) < 4.78 is 0. The highest BCUT2D eigenvalue weighted by molar-refractivity contribution is 6.10. The Morgan fingerprint density at radius 1 is 1.00 bits per heavy atom. The highest BCUT2D eigenvalue weighted by atomic mass is 16.2. The Labute approximate surface area is 207 Å². The van der Waals surface area contributed by atoms with Crippen LogP contribution in [-0.4, -0.2) is 59.9 Å². The normalized spacial score (nSPS) is 21.4. The maximum absolute atomic E-state index is 13.4. The van der Waals surface area contributed by atoms with Crippen molar-refractivity contribution in [2.24, 2.45) is 0 Å². The van der Waals surface area contributed by atoms with Crippen LogP contribution in [0, 0.1) is 0 Å². The summed E-state index contributed by atoms with van der Waals surface area (Å²) in [5.41, 5.74) is 2.97. The Morgan fingerprint density at radius 3 is 2.46 bits per heavy atom. The molecule has 0 bridgehead atoms. The molecule has 5 rings (SSSR count). The zero-order chi connectivity index (χ0) is 24.6. The van der Waals surface area contributed by atoms with Gasteiger partial charge in [-0.2, -0.15) is 0 Å². The Morgan fingerprint density at radius 2 is 1.69 bits per heavy atom. The first kappa shape index (κ1) is 23.4. The van der Waals surface area contributed by atoms with Gasteiger partial charge in [-0.05, 0) is 56.4 Å². The van der Waals surface area contributed by atoms with Crippen molar-refractivity contribution in [3.63, 3.8) is 0 Å². The fraction of sp³-hybridized carbons (Fsp3) is 0.464. The van der Waals surface area contributed by atoms with Crippen molar-refractivity contribution < 1.29 is 14.4 Å².